The van der Waals surface area contributed by atoms with E-state index in [1.165, 1.54) is 16.3 Å². The maximum atomic E-state index is 12.1. The molecule has 1 fully saturated rings. The van der Waals surface area contributed by atoms with E-state index in [4.69, 9.17) is 0 Å². The Balaban J connectivity index is 0.00000300. The fourth-order valence-corrected chi connectivity index (χ4v) is 5.89. The lowest BCUT2D eigenvalue weighted by molar-refractivity contribution is 0.463. The zero-order chi connectivity index (χ0) is 19.8. The number of guanidine groups is 1. The van der Waals surface area contributed by atoms with Crippen LogP contribution in [0.5, 0.6) is 0 Å². The van der Waals surface area contributed by atoms with Crippen LogP contribution in [0, 0.1) is 0 Å². The maximum Gasteiger partial charge on any atom is 0.250 e. The van der Waals surface area contributed by atoms with Gasteiger partial charge in [0.1, 0.15) is 4.21 Å². The average Bonchev–Trinajstić information content (AvgIpc) is 3.40. The van der Waals surface area contributed by atoms with Gasteiger partial charge in [0.25, 0.3) is 0 Å². The number of halogens is 1. The topological polar surface area (TPSA) is 85.8 Å². The molecular formula is C18H28IN5O2S3. The van der Waals surface area contributed by atoms with Crippen molar-refractivity contribution < 1.29 is 8.42 Å². The molecule has 0 atom stereocenters. The predicted octanol–water partition coefficient (Wildman–Crippen LogP) is 2.93. The minimum absolute atomic E-state index is 0. The van der Waals surface area contributed by atoms with Crippen molar-refractivity contribution in [1.82, 2.24) is 15.4 Å². The summed E-state index contributed by atoms with van der Waals surface area (Å²) in [5.74, 6) is 0.743. The molecule has 0 saturated carbocycles. The standard InChI is InChI=1S/C18H27N5O2S3.HI/c1-2-19-18(20-9-10-21-28(24,25)17-6-4-14-27-17)22-15-7-11-23(12-8-15)16-5-3-13-26-16;/h3-6,13-15,21H,2,7-12H2,1H3,(H2,19,20,22);1H. The number of nitrogens with one attached hydrogen (secondary N) is 3. The summed E-state index contributed by atoms with van der Waals surface area (Å²) in [5.41, 5.74) is 0. The van der Waals surface area contributed by atoms with Gasteiger partial charge in [0.2, 0.25) is 10.0 Å². The maximum absolute atomic E-state index is 12.1. The lowest BCUT2D eigenvalue weighted by Crippen LogP contribution is -2.48. The summed E-state index contributed by atoms with van der Waals surface area (Å²) in [4.78, 5) is 6.94. The SMILES string of the molecule is CCNC(=NCCNS(=O)(=O)c1cccs1)NC1CCN(c2cccs2)CC1.I. The number of hydrogen-bond acceptors (Lipinski definition) is 6. The molecule has 29 heavy (non-hydrogen) atoms. The van der Waals surface area contributed by atoms with Gasteiger partial charge in [-0.25, -0.2) is 13.1 Å². The van der Waals surface area contributed by atoms with Crippen LogP contribution in [0.25, 0.3) is 0 Å². The van der Waals surface area contributed by atoms with Crippen molar-refractivity contribution in [3.05, 3.63) is 35.0 Å². The van der Waals surface area contributed by atoms with E-state index in [0.717, 1.165) is 38.4 Å². The summed E-state index contributed by atoms with van der Waals surface area (Å²) in [6.45, 7) is 5.49. The first-order valence-electron chi connectivity index (χ1n) is 9.45. The quantitative estimate of drug-likeness (QED) is 0.197. The number of sulfonamides is 1. The third kappa shape index (κ3) is 7.39. The van der Waals surface area contributed by atoms with Crippen LogP contribution in [-0.4, -0.2) is 53.1 Å². The smallest absolute Gasteiger partial charge is 0.250 e. The Morgan fingerprint density at radius 1 is 1.21 bits per heavy atom. The summed E-state index contributed by atoms with van der Waals surface area (Å²) in [6, 6.07) is 7.96. The largest absolute Gasteiger partial charge is 0.363 e. The second kappa shape index (κ2) is 12.1. The van der Waals surface area contributed by atoms with Gasteiger partial charge in [-0.1, -0.05) is 6.07 Å². The van der Waals surface area contributed by atoms with Crippen LogP contribution in [-0.2, 0) is 10.0 Å². The average molecular weight is 570 g/mol. The molecule has 2 aromatic rings. The first kappa shape index (κ1) is 24.4. The highest BCUT2D eigenvalue weighted by Gasteiger charge is 2.20. The van der Waals surface area contributed by atoms with Crippen LogP contribution in [0.15, 0.2) is 44.2 Å². The molecule has 7 nitrogen and oxygen atoms in total. The van der Waals surface area contributed by atoms with E-state index in [0.29, 0.717) is 16.8 Å². The Hall–Kier alpha value is -0.890. The van der Waals surface area contributed by atoms with Gasteiger partial charge in [0.15, 0.2) is 5.96 Å². The summed E-state index contributed by atoms with van der Waals surface area (Å²) < 4.78 is 27.2. The summed E-state index contributed by atoms with van der Waals surface area (Å²) >= 11 is 2.99. The molecule has 3 N–H and O–H groups in total. The second-order valence-corrected chi connectivity index (χ2v) is 10.3. The Bertz CT molecular complexity index is 833. The summed E-state index contributed by atoms with van der Waals surface area (Å²) in [5, 5.41) is 11.9. The normalized spacial score (nSPS) is 15.8. The molecule has 0 unspecified atom stereocenters. The van der Waals surface area contributed by atoms with Crippen molar-refractivity contribution in [2.75, 3.05) is 37.6 Å². The van der Waals surface area contributed by atoms with Crippen LogP contribution in [0.1, 0.15) is 19.8 Å². The van der Waals surface area contributed by atoms with E-state index in [1.54, 1.807) is 28.8 Å². The van der Waals surface area contributed by atoms with Crippen molar-refractivity contribution in [2.24, 2.45) is 4.99 Å². The zero-order valence-corrected chi connectivity index (χ0v) is 21.1. The molecule has 1 aliphatic rings. The number of nitrogens with zero attached hydrogens (tertiary/aromatic N) is 2. The number of thiophene rings is 2. The molecule has 0 spiro atoms. The summed E-state index contributed by atoms with van der Waals surface area (Å²) in [7, 11) is -3.43. The van der Waals surface area contributed by atoms with Gasteiger partial charge in [-0.2, -0.15) is 0 Å². The van der Waals surface area contributed by atoms with Crippen LogP contribution in [0.2, 0.25) is 0 Å². The lowest BCUT2D eigenvalue weighted by Gasteiger charge is -2.33. The minimum Gasteiger partial charge on any atom is -0.363 e. The van der Waals surface area contributed by atoms with Gasteiger partial charge in [-0.15, -0.1) is 46.7 Å². The Labute approximate surface area is 198 Å². The Morgan fingerprint density at radius 2 is 1.93 bits per heavy atom. The summed E-state index contributed by atoms with van der Waals surface area (Å²) in [6.07, 6.45) is 2.10. The van der Waals surface area contributed by atoms with E-state index in [2.05, 4.69) is 42.8 Å². The fraction of sp³-hybridized carbons (Fsp3) is 0.500. The van der Waals surface area contributed by atoms with E-state index in [-0.39, 0.29) is 30.5 Å². The van der Waals surface area contributed by atoms with E-state index < -0.39 is 10.0 Å². The van der Waals surface area contributed by atoms with Crippen molar-refractivity contribution in [3.63, 3.8) is 0 Å². The molecule has 11 heteroatoms. The van der Waals surface area contributed by atoms with E-state index >= 15 is 0 Å². The highest BCUT2D eigenvalue weighted by Crippen LogP contribution is 2.24. The van der Waals surface area contributed by atoms with Crippen molar-refractivity contribution in [1.29, 1.82) is 0 Å². The lowest BCUT2D eigenvalue weighted by atomic mass is 10.1. The van der Waals surface area contributed by atoms with Crippen molar-refractivity contribution in [3.8, 4) is 0 Å². The van der Waals surface area contributed by atoms with Crippen LogP contribution < -0.4 is 20.3 Å². The number of anilines is 1. The molecule has 1 saturated heterocycles. The molecular weight excluding hydrogens is 541 g/mol. The van der Waals surface area contributed by atoms with Crippen LogP contribution in [0.3, 0.4) is 0 Å². The van der Waals surface area contributed by atoms with Gasteiger partial charge >= 0.3 is 0 Å². The molecule has 0 radical (unpaired) electrons. The number of piperidine rings is 1. The van der Waals surface area contributed by atoms with Gasteiger partial charge < -0.3 is 15.5 Å². The van der Waals surface area contributed by atoms with Crippen LogP contribution >= 0.6 is 46.7 Å². The van der Waals surface area contributed by atoms with Gasteiger partial charge in [0, 0.05) is 32.2 Å². The predicted molar refractivity (Wildman–Crippen MR) is 134 cm³/mol. The second-order valence-electron chi connectivity index (χ2n) is 6.45. The molecule has 0 aliphatic carbocycles. The van der Waals surface area contributed by atoms with Gasteiger partial charge in [-0.3, -0.25) is 4.99 Å². The fourth-order valence-electron chi connectivity index (χ4n) is 3.04. The molecule has 0 aromatic carbocycles. The monoisotopic (exact) mass is 569 g/mol. The van der Waals surface area contributed by atoms with Crippen molar-refractivity contribution >= 4 is 67.6 Å². The Morgan fingerprint density at radius 3 is 2.55 bits per heavy atom. The number of rotatable bonds is 8. The highest BCUT2D eigenvalue weighted by molar-refractivity contribution is 14.0. The molecule has 1 aliphatic heterocycles. The third-order valence-corrected chi connectivity index (χ3v) is 8.22. The minimum atomic E-state index is -3.43. The zero-order valence-electron chi connectivity index (χ0n) is 16.3. The number of aliphatic imine (C=N–C) groups is 1. The first-order chi connectivity index (χ1) is 13.6. The molecule has 162 valence electrons. The van der Waals surface area contributed by atoms with E-state index in [9.17, 15) is 8.42 Å². The third-order valence-electron chi connectivity index (χ3n) is 4.43. The highest BCUT2D eigenvalue weighted by atomic mass is 127. The molecule has 3 heterocycles. The van der Waals surface area contributed by atoms with Gasteiger partial charge in [-0.05, 0) is 48.7 Å². The molecule has 2 aromatic heterocycles. The van der Waals surface area contributed by atoms with E-state index in [1.807, 2.05) is 6.92 Å². The first-order valence-corrected chi connectivity index (χ1v) is 12.7. The van der Waals surface area contributed by atoms with Gasteiger partial charge in [0.05, 0.1) is 11.5 Å². The Kier molecular flexibility index (Phi) is 10.2. The van der Waals surface area contributed by atoms with Crippen LogP contribution in [0.4, 0.5) is 5.00 Å². The molecule has 3 rings (SSSR count). The molecule has 0 amide bonds. The molecule has 0 bridgehead atoms. The van der Waals surface area contributed by atoms with Crippen molar-refractivity contribution in [2.45, 2.75) is 30.0 Å². The number of hydrogen-bond donors (Lipinski definition) is 3.